The predicted octanol–water partition coefficient (Wildman–Crippen LogP) is 2.19. The smallest absolute Gasteiger partial charge is 0.320 e. The number of benzene rings is 1. The van der Waals surface area contributed by atoms with Crippen LogP contribution in [-0.2, 0) is 6.54 Å². The molecule has 1 saturated heterocycles. The highest BCUT2D eigenvalue weighted by Crippen LogP contribution is 2.21. The molecule has 2 atom stereocenters. The lowest BCUT2D eigenvalue weighted by Gasteiger charge is -2.22. The highest BCUT2D eigenvalue weighted by molar-refractivity contribution is 5.77. The van der Waals surface area contributed by atoms with Crippen molar-refractivity contribution in [1.29, 1.82) is 0 Å². The van der Waals surface area contributed by atoms with E-state index < -0.39 is 0 Å². The summed E-state index contributed by atoms with van der Waals surface area (Å²) in [6.45, 7) is 5.67. The Balaban J connectivity index is 2.11. The summed E-state index contributed by atoms with van der Waals surface area (Å²) < 4.78 is 13.2. The molecule has 0 bridgehead atoms. The van der Waals surface area contributed by atoms with Gasteiger partial charge in [-0.3, -0.25) is 0 Å². The second-order valence-electron chi connectivity index (χ2n) is 5.48. The molecule has 1 aliphatic rings. The molecule has 20 heavy (non-hydrogen) atoms. The van der Waals surface area contributed by atoms with Gasteiger partial charge in [0.15, 0.2) is 0 Å². The van der Waals surface area contributed by atoms with Crippen molar-refractivity contribution in [2.45, 2.75) is 38.9 Å². The summed E-state index contributed by atoms with van der Waals surface area (Å²) in [5.74, 6) is -0.269. The van der Waals surface area contributed by atoms with Gasteiger partial charge in [-0.05, 0) is 31.0 Å². The molecule has 1 fully saturated rings. The molecule has 4 nitrogen and oxygen atoms in total. The van der Waals surface area contributed by atoms with E-state index in [-0.39, 0.29) is 23.9 Å². The summed E-state index contributed by atoms with van der Waals surface area (Å²) in [4.78, 5) is 16.0. The summed E-state index contributed by atoms with van der Waals surface area (Å²) in [6.07, 6.45) is 0.885. The fourth-order valence-corrected chi connectivity index (χ4v) is 2.65. The highest BCUT2D eigenvalue weighted by Gasteiger charge is 2.36. The van der Waals surface area contributed by atoms with Crippen molar-refractivity contribution < 1.29 is 9.18 Å². The molecule has 1 aromatic rings. The van der Waals surface area contributed by atoms with Crippen molar-refractivity contribution in [3.63, 3.8) is 0 Å². The number of hydrogen-bond acceptors (Lipinski definition) is 2. The molecule has 2 rings (SSSR count). The van der Waals surface area contributed by atoms with Crippen molar-refractivity contribution in [3.8, 4) is 0 Å². The summed E-state index contributed by atoms with van der Waals surface area (Å²) in [7, 11) is 0. The Bertz CT molecular complexity index is 478. The Hall–Kier alpha value is -1.62. The van der Waals surface area contributed by atoms with Crippen LogP contribution in [-0.4, -0.2) is 41.0 Å². The van der Waals surface area contributed by atoms with E-state index in [0.29, 0.717) is 19.6 Å². The van der Waals surface area contributed by atoms with E-state index in [4.69, 9.17) is 5.73 Å². The van der Waals surface area contributed by atoms with Crippen LogP contribution in [0.3, 0.4) is 0 Å². The second-order valence-corrected chi connectivity index (χ2v) is 5.48. The maximum atomic E-state index is 13.2. The quantitative estimate of drug-likeness (QED) is 0.898. The zero-order valence-corrected chi connectivity index (χ0v) is 12.1. The molecule has 0 aromatic heterocycles. The fraction of sp³-hybridized carbons (Fsp3) is 0.533. The first-order valence-corrected chi connectivity index (χ1v) is 7.06. The first-order chi connectivity index (χ1) is 9.51. The Morgan fingerprint density at radius 2 is 2.25 bits per heavy atom. The minimum Gasteiger partial charge on any atom is -0.326 e. The van der Waals surface area contributed by atoms with Crippen LogP contribution in [0.15, 0.2) is 24.3 Å². The molecule has 0 saturated carbocycles. The third-order valence-electron chi connectivity index (χ3n) is 3.61. The van der Waals surface area contributed by atoms with E-state index >= 15 is 0 Å². The van der Waals surface area contributed by atoms with Gasteiger partial charge in [0.1, 0.15) is 5.82 Å². The molecule has 2 N–H and O–H groups in total. The summed E-state index contributed by atoms with van der Waals surface area (Å²) in [5, 5.41) is 0. The van der Waals surface area contributed by atoms with Crippen LogP contribution < -0.4 is 5.73 Å². The minimum absolute atomic E-state index is 0.00147. The van der Waals surface area contributed by atoms with Crippen LogP contribution >= 0.6 is 0 Å². The monoisotopic (exact) mass is 279 g/mol. The van der Waals surface area contributed by atoms with Gasteiger partial charge in [0.05, 0.1) is 6.04 Å². The number of amides is 2. The van der Waals surface area contributed by atoms with Gasteiger partial charge >= 0.3 is 6.03 Å². The molecule has 2 unspecified atom stereocenters. The van der Waals surface area contributed by atoms with Gasteiger partial charge in [-0.15, -0.1) is 0 Å². The topological polar surface area (TPSA) is 49.6 Å². The first kappa shape index (κ1) is 14.8. The van der Waals surface area contributed by atoms with Crippen LogP contribution in [0.2, 0.25) is 0 Å². The third-order valence-corrected chi connectivity index (χ3v) is 3.61. The van der Waals surface area contributed by atoms with Crippen molar-refractivity contribution in [3.05, 3.63) is 35.6 Å². The fourth-order valence-electron chi connectivity index (χ4n) is 2.65. The van der Waals surface area contributed by atoms with Crippen molar-refractivity contribution in [2.75, 3.05) is 13.1 Å². The van der Waals surface area contributed by atoms with E-state index in [1.807, 2.05) is 17.9 Å². The van der Waals surface area contributed by atoms with E-state index in [2.05, 4.69) is 6.92 Å². The molecule has 1 heterocycles. The van der Waals surface area contributed by atoms with E-state index in [9.17, 15) is 9.18 Å². The summed E-state index contributed by atoms with van der Waals surface area (Å²) >= 11 is 0. The zero-order chi connectivity index (χ0) is 14.7. The Morgan fingerprint density at radius 3 is 2.85 bits per heavy atom. The third kappa shape index (κ3) is 3.28. The standard InChI is InChI=1S/C15H22FN3O/c1-3-14-10-18(8-11(2)17)15(20)19(14)9-12-5-4-6-13(16)7-12/h4-7,11,14H,3,8-10,17H2,1-2H3. The van der Waals surface area contributed by atoms with Crippen LogP contribution in [0.5, 0.6) is 0 Å². The van der Waals surface area contributed by atoms with E-state index in [1.165, 1.54) is 12.1 Å². The van der Waals surface area contributed by atoms with Crippen molar-refractivity contribution >= 4 is 6.03 Å². The van der Waals surface area contributed by atoms with Gasteiger partial charge in [-0.2, -0.15) is 0 Å². The number of nitrogens with two attached hydrogens (primary N) is 1. The van der Waals surface area contributed by atoms with Gasteiger partial charge in [-0.1, -0.05) is 19.1 Å². The van der Waals surface area contributed by atoms with Gasteiger partial charge in [0, 0.05) is 25.7 Å². The number of rotatable bonds is 5. The average Bonchev–Trinajstić information content (AvgIpc) is 2.67. The number of nitrogens with zero attached hydrogens (tertiary/aromatic N) is 2. The van der Waals surface area contributed by atoms with Crippen LogP contribution in [0, 0.1) is 5.82 Å². The van der Waals surface area contributed by atoms with Gasteiger partial charge in [0.2, 0.25) is 0 Å². The second kappa shape index (κ2) is 6.22. The lowest BCUT2D eigenvalue weighted by Crippen LogP contribution is -2.39. The molecular formula is C15H22FN3O. The summed E-state index contributed by atoms with van der Waals surface area (Å²) in [6, 6.07) is 6.54. The number of hydrogen-bond donors (Lipinski definition) is 1. The molecule has 1 aliphatic heterocycles. The molecule has 110 valence electrons. The number of carbonyl (C=O) groups is 1. The lowest BCUT2D eigenvalue weighted by molar-refractivity contribution is 0.182. The Kier molecular flexibility index (Phi) is 4.60. The van der Waals surface area contributed by atoms with Crippen LogP contribution in [0.25, 0.3) is 0 Å². The molecule has 1 aromatic carbocycles. The zero-order valence-electron chi connectivity index (χ0n) is 12.1. The number of halogens is 1. The molecule has 5 heteroatoms. The molecule has 0 radical (unpaired) electrons. The molecule has 0 aliphatic carbocycles. The van der Waals surface area contributed by atoms with Gasteiger partial charge < -0.3 is 15.5 Å². The molecular weight excluding hydrogens is 257 g/mol. The molecule has 2 amide bonds. The predicted molar refractivity (Wildman–Crippen MR) is 76.6 cm³/mol. The summed E-state index contributed by atoms with van der Waals surface area (Å²) in [5.41, 5.74) is 6.60. The lowest BCUT2D eigenvalue weighted by atomic mass is 10.1. The molecule has 0 spiro atoms. The average molecular weight is 279 g/mol. The SMILES string of the molecule is CCC1CN(CC(C)N)C(=O)N1Cc1cccc(F)c1. The first-order valence-electron chi connectivity index (χ1n) is 7.06. The normalized spacial score (nSPS) is 20.6. The number of carbonyl (C=O) groups excluding carboxylic acids is 1. The highest BCUT2D eigenvalue weighted by atomic mass is 19.1. The van der Waals surface area contributed by atoms with Gasteiger partial charge in [-0.25, -0.2) is 9.18 Å². The number of urea groups is 1. The maximum absolute atomic E-state index is 13.2. The minimum atomic E-state index is -0.269. The maximum Gasteiger partial charge on any atom is 0.320 e. The van der Waals surface area contributed by atoms with E-state index in [1.54, 1.807) is 11.0 Å². The van der Waals surface area contributed by atoms with Gasteiger partial charge in [0.25, 0.3) is 0 Å². The van der Waals surface area contributed by atoms with Crippen LogP contribution in [0.4, 0.5) is 9.18 Å². The Labute approximate surface area is 119 Å². The van der Waals surface area contributed by atoms with Crippen molar-refractivity contribution in [2.24, 2.45) is 5.73 Å². The van der Waals surface area contributed by atoms with E-state index in [0.717, 1.165) is 12.0 Å². The Morgan fingerprint density at radius 1 is 1.50 bits per heavy atom. The van der Waals surface area contributed by atoms with Crippen LogP contribution in [0.1, 0.15) is 25.8 Å². The largest absolute Gasteiger partial charge is 0.326 e. The van der Waals surface area contributed by atoms with Crippen molar-refractivity contribution in [1.82, 2.24) is 9.80 Å².